The molecular weight excluding hydrogens is 266 g/mol. The van der Waals surface area contributed by atoms with E-state index in [0.717, 1.165) is 25.0 Å². The van der Waals surface area contributed by atoms with Crippen LogP contribution >= 0.6 is 0 Å². The molecule has 3 atom stereocenters. The molecule has 5 heteroatoms. The Bertz CT molecular complexity index is 640. The van der Waals surface area contributed by atoms with Crippen LogP contribution in [-0.2, 0) is 11.2 Å². The molecule has 2 N–H and O–H groups in total. The Balaban J connectivity index is 1.78. The molecule has 3 aliphatic rings. The Kier molecular flexibility index (Phi) is 2.71. The Morgan fingerprint density at radius 1 is 1.33 bits per heavy atom. The number of ether oxygens (including phenoxy) is 1. The molecule has 1 amide bonds. The van der Waals surface area contributed by atoms with E-state index in [-0.39, 0.29) is 18.0 Å². The number of hydrogen-bond acceptors (Lipinski definition) is 4. The first-order chi connectivity index (χ1) is 10.2. The van der Waals surface area contributed by atoms with Crippen LogP contribution in [-0.4, -0.2) is 29.9 Å². The SMILES string of the molecule is COc1ccc2c(c1)CCC1C2N=C(N)N2C(=O)CCC12. The zero-order chi connectivity index (χ0) is 14.6. The third kappa shape index (κ3) is 1.76. The van der Waals surface area contributed by atoms with E-state index >= 15 is 0 Å². The Hall–Kier alpha value is -2.04. The van der Waals surface area contributed by atoms with Crippen LogP contribution in [0, 0.1) is 5.92 Å². The Morgan fingerprint density at radius 2 is 2.19 bits per heavy atom. The maximum atomic E-state index is 12.0. The molecule has 1 aromatic rings. The lowest BCUT2D eigenvalue weighted by Gasteiger charge is -2.42. The highest BCUT2D eigenvalue weighted by Crippen LogP contribution is 2.46. The van der Waals surface area contributed by atoms with Gasteiger partial charge in [0.1, 0.15) is 5.75 Å². The summed E-state index contributed by atoms with van der Waals surface area (Å²) in [5, 5.41) is 0. The van der Waals surface area contributed by atoms with E-state index in [1.165, 1.54) is 11.1 Å². The van der Waals surface area contributed by atoms with E-state index < -0.39 is 0 Å². The molecule has 21 heavy (non-hydrogen) atoms. The fourth-order valence-corrected chi connectivity index (χ4v) is 4.11. The number of fused-ring (bicyclic) bond motifs is 5. The smallest absolute Gasteiger partial charge is 0.229 e. The summed E-state index contributed by atoms with van der Waals surface area (Å²) in [4.78, 5) is 18.4. The van der Waals surface area contributed by atoms with Gasteiger partial charge in [-0.05, 0) is 42.5 Å². The Morgan fingerprint density at radius 3 is 3.00 bits per heavy atom. The van der Waals surface area contributed by atoms with Crippen LogP contribution in [0.2, 0.25) is 0 Å². The van der Waals surface area contributed by atoms with E-state index in [0.29, 0.717) is 18.3 Å². The van der Waals surface area contributed by atoms with Crippen molar-refractivity contribution in [1.29, 1.82) is 0 Å². The lowest BCUT2D eigenvalue weighted by Crippen LogP contribution is -2.52. The van der Waals surface area contributed by atoms with Crippen LogP contribution in [0.1, 0.15) is 36.4 Å². The van der Waals surface area contributed by atoms with Crippen molar-refractivity contribution in [3.63, 3.8) is 0 Å². The van der Waals surface area contributed by atoms with Crippen molar-refractivity contribution in [2.24, 2.45) is 16.6 Å². The summed E-state index contributed by atoms with van der Waals surface area (Å²) in [7, 11) is 1.69. The predicted octanol–water partition coefficient (Wildman–Crippen LogP) is 1.62. The van der Waals surface area contributed by atoms with Crippen molar-refractivity contribution < 1.29 is 9.53 Å². The van der Waals surface area contributed by atoms with Gasteiger partial charge in [0.2, 0.25) is 5.91 Å². The van der Waals surface area contributed by atoms with Crippen LogP contribution in [0.5, 0.6) is 5.75 Å². The maximum Gasteiger partial charge on any atom is 0.229 e. The number of carbonyl (C=O) groups excluding carboxylic acids is 1. The number of rotatable bonds is 1. The summed E-state index contributed by atoms with van der Waals surface area (Å²) in [6, 6.07) is 6.51. The number of nitrogens with two attached hydrogens (primary N) is 1. The van der Waals surface area contributed by atoms with Crippen LogP contribution in [0.4, 0.5) is 0 Å². The molecule has 3 unspecified atom stereocenters. The van der Waals surface area contributed by atoms with Gasteiger partial charge in [-0.15, -0.1) is 0 Å². The zero-order valence-electron chi connectivity index (χ0n) is 12.1. The fourth-order valence-electron chi connectivity index (χ4n) is 4.11. The van der Waals surface area contributed by atoms with Gasteiger partial charge in [0.05, 0.1) is 13.2 Å². The minimum Gasteiger partial charge on any atom is -0.497 e. The third-order valence-electron chi connectivity index (χ3n) is 5.09. The molecule has 1 fully saturated rings. The second-order valence-electron chi connectivity index (χ2n) is 6.07. The average molecular weight is 285 g/mol. The van der Waals surface area contributed by atoms with Gasteiger partial charge >= 0.3 is 0 Å². The van der Waals surface area contributed by atoms with Gasteiger partial charge in [-0.25, -0.2) is 4.99 Å². The quantitative estimate of drug-likeness (QED) is 0.852. The second-order valence-corrected chi connectivity index (χ2v) is 6.07. The number of benzene rings is 1. The molecule has 2 heterocycles. The number of amides is 1. The second kappa shape index (κ2) is 4.48. The molecular formula is C16H19N3O2. The highest BCUT2D eigenvalue weighted by atomic mass is 16.5. The predicted molar refractivity (Wildman–Crippen MR) is 79.0 cm³/mol. The van der Waals surface area contributed by atoms with E-state index in [1.807, 2.05) is 6.07 Å². The van der Waals surface area contributed by atoms with Crippen LogP contribution in [0.3, 0.4) is 0 Å². The number of carbonyl (C=O) groups is 1. The molecule has 110 valence electrons. The van der Waals surface area contributed by atoms with E-state index in [9.17, 15) is 4.79 Å². The molecule has 0 radical (unpaired) electrons. The molecule has 1 saturated heterocycles. The first-order valence-corrected chi connectivity index (χ1v) is 7.51. The molecule has 1 aromatic carbocycles. The van der Waals surface area contributed by atoms with Gasteiger partial charge in [0.25, 0.3) is 0 Å². The molecule has 4 rings (SSSR count). The highest BCUT2D eigenvalue weighted by Gasteiger charge is 2.47. The minimum absolute atomic E-state index is 0.0896. The van der Waals surface area contributed by atoms with Crippen molar-refractivity contribution in [2.45, 2.75) is 37.8 Å². The summed E-state index contributed by atoms with van der Waals surface area (Å²) in [6.07, 6.45) is 3.57. The van der Waals surface area contributed by atoms with Crippen molar-refractivity contribution in [2.75, 3.05) is 7.11 Å². The number of methoxy groups -OCH3 is 1. The van der Waals surface area contributed by atoms with Crippen molar-refractivity contribution in [3.8, 4) is 5.75 Å². The van der Waals surface area contributed by atoms with Gasteiger partial charge in [-0.3, -0.25) is 9.69 Å². The third-order valence-corrected chi connectivity index (χ3v) is 5.09. The van der Waals surface area contributed by atoms with E-state index in [2.05, 4.69) is 17.1 Å². The van der Waals surface area contributed by atoms with Crippen LogP contribution < -0.4 is 10.5 Å². The summed E-state index contributed by atoms with van der Waals surface area (Å²) in [5.74, 6) is 1.80. The molecule has 0 saturated carbocycles. The monoisotopic (exact) mass is 285 g/mol. The summed E-state index contributed by atoms with van der Waals surface area (Å²) in [5.41, 5.74) is 8.60. The Labute approximate surface area is 123 Å². The largest absolute Gasteiger partial charge is 0.497 e. The van der Waals surface area contributed by atoms with Crippen LogP contribution in [0.15, 0.2) is 23.2 Å². The van der Waals surface area contributed by atoms with Crippen molar-refractivity contribution in [1.82, 2.24) is 4.90 Å². The fraction of sp³-hybridized carbons (Fsp3) is 0.500. The topological polar surface area (TPSA) is 67.9 Å². The molecule has 2 aliphatic heterocycles. The first-order valence-electron chi connectivity index (χ1n) is 7.51. The molecule has 1 aliphatic carbocycles. The molecule has 5 nitrogen and oxygen atoms in total. The average Bonchev–Trinajstić information content (AvgIpc) is 2.89. The van der Waals surface area contributed by atoms with Gasteiger partial charge in [0, 0.05) is 18.4 Å². The zero-order valence-corrected chi connectivity index (χ0v) is 12.1. The van der Waals surface area contributed by atoms with Gasteiger partial charge in [-0.2, -0.15) is 0 Å². The van der Waals surface area contributed by atoms with E-state index in [4.69, 9.17) is 10.5 Å². The normalized spacial score (nSPS) is 30.3. The number of aliphatic imine (C=N–C) groups is 1. The van der Waals surface area contributed by atoms with Crippen LogP contribution in [0.25, 0.3) is 0 Å². The van der Waals surface area contributed by atoms with Crippen molar-refractivity contribution in [3.05, 3.63) is 29.3 Å². The van der Waals surface area contributed by atoms with Gasteiger partial charge in [0.15, 0.2) is 5.96 Å². The van der Waals surface area contributed by atoms with Gasteiger partial charge in [-0.1, -0.05) is 6.07 Å². The molecule has 0 bridgehead atoms. The lowest BCUT2D eigenvalue weighted by molar-refractivity contribution is -0.126. The first kappa shape index (κ1) is 12.7. The standard InChI is InChI=1S/C16H19N3O2/c1-21-10-3-5-11-9(8-10)2-4-12-13-6-7-14(20)19(13)16(17)18-15(11)12/h3,5,8,12-13,15H,2,4,6-7H2,1H3,(H2,17,18). The minimum atomic E-state index is 0.0896. The molecule has 0 aromatic heterocycles. The maximum absolute atomic E-state index is 12.0. The summed E-state index contributed by atoms with van der Waals surface area (Å²) < 4.78 is 5.31. The number of aryl methyl sites for hydroxylation is 1. The van der Waals surface area contributed by atoms with E-state index in [1.54, 1.807) is 12.0 Å². The summed E-state index contributed by atoms with van der Waals surface area (Å²) >= 11 is 0. The number of guanidine groups is 1. The van der Waals surface area contributed by atoms with Crippen molar-refractivity contribution >= 4 is 11.9 Å². The number of hydrogen-bond donors (Lipinski definition) is 1. The number of nitrogens with zero attached hydrogens (tertiary/aromatic N) is 2. The highest BCUT2D eigenvalue weighted by molar-refractivity contribution is 5.98. The molecule has 0 spiro atoms. The summed E-state index contributed by atoms with van der Waals surface area (Å²) in [6.45, 7) is 0. The lowest BCUT2D eigenvalue weighted by atomic mass is 9.75. The van der Waals surface area contributed by atoms with Gasteiger partial charge < -0.3 is 10.5 Å².